The normalized spacial score (nSPS) is 16.7. The number of halogens is 1. The fourth-order valence-electron chi connectivity index (χ4n) is 3.33. The molecule has 3 aromatic rings. The summed E-state index contributed by atoms with van der Waals surface area (Å²) in [6, 6.07) is 25.5. The van der Waals surface area contributed by atoms with Crippen LogP contribution in [-0.2, 0) is 0 Å². The third-order valence-corrected chi connectivity index (χ3v) is 5.31. The lowest BCUT2D eigenvalue weighted by Gasteiger charge is -2.24. The summed E-state index contributed by atoms with van der Waals surface area (Å²) in [5.41, 5.74) is 6.90. The van der Waals surface area contributed by atoms with Crippen molar-refractivity contribution in [2.75, 3.05) is 5.01 Å². The second-order valence-corrected chi connectivity index (χ2v) is 7.23. The molecule has 26 heavy (non-hydrogen) atoms. The molecule has 1 aliphatic heterocycles. The number of rotatable bonds is 3. The van der Waals surface area contributed by atoms with E-state index in [0.29, 0.717) is 0 Å². The van der Waals surface area contributed by atoms with Gasteiger partial charge in [-0.25, -0.2) is 0 Å². The van der Waals surface area contributed by atoms with Crippen molar-refractivity contribution >= 4 is 23.0 Å². The summed E-state index contributed by atoms with van der Waals surface area (Å²) in [6.45, 7) is 4.12. The minimum absolute atomic E-state index is 0.172. The molecule has 1 aliphatic rings. The first-order valence-electron chi connectivity index (χ1n) is 8.86. The summed E-state index contributed by atoms with van der Waals surface area (Å²) in [4.78, 5) is 0. The molecule has 0 amide bonds. The average Bonchev–Trinajstić information content (AvgIpc) is 3.11. The molecule has 0 saturated carbocycles. The van der Waals surface area contributed by atoms with Crippen molar-refractivity contribution in [2.24, 2.45) is 5.10 Å². The van der Waals surface area contributed by atoms with E-state index >= 15 is 0 Å². The molecule has 0 saturated heterocycles. The second kappa shape index (κ2) is 6.97. The Balaban J connectivity index is 1.76. The van der Waals surface area contributed by atoms with Gasteiger partial charge in [0.25, 0.3) is 0 Å². The summed E-state index contributed by atoms with van der Waals surface area (Å²) in [5, 5.41) is 7.86. The van der Waals surface area contributed by atoms with Gasteiger partial charge >= 0.3 is 0 Å². The molecule has 0 radical (unpaired) electrons. The van der Waals surface area contributed by atoms with Crippen molar-refractivity contribution < 1.29 is 0 Å². The van der Waals surface area contributed by atoms with Gasteiger partial charge in [0, 0.05) is 11.4 Å². The van der Waals surface area contributed by atoms with E-state index in [2.05, 4.69) is 72.6 Å². The van der Waals surface area contributed by atoms with Crippen LogP contribution in [0.1, 0.15) is 34.7 Å². The van der Waals surface area contributed by atoms with Crippen LogP contribution in [-0.4, -0.2) is 5.71 Å². The predicted molar refractivity (Wildman–Crippen MR) is 110 cm³/mol. The molecule has 0 aliphatic carbocycles. The third kappa shape index (κ3) is 3.25. The minimum atomic E-state index is 0.172. The molecule has 3 aromatic carbocycles. The van der Waals surface area contributed by atoms with Gasteiger partial charge in [0.1, 0.15) is 0 Å². The smallest absolute Gasteiger partial charge is 0.0831 e. The maximum atomic E-state index is 6.38. The largest absolute Gasteiger partial charge is 0.257 e. The zero-order valence-electron chi connectivity index (χ0n) is 15.0. The zero-order valence-corrected chi connectivity index (χ0v) is 15.7. The lowest BCUT2D eigenvalue weighted by molar-refractivity contribution is 0.709. The third-order valence-electron chi connectivity index (χ3n) is 4.90. The van der Waals surface area contributed by atoms with Gasteiger partial charge in [-0.1, -0.05) is 77.8 Å². The number of hydrazone groups is 1. The number of aryl methyl sites for hydroxylation is 2. The van der Waals surface area contributed by atoms with Crippen molar-refractivity contribution in [1.82, 2.24) is 0 Å². The highest BCUT2D eigenvalue weighted by molar-refractivity contribution is 6.31. The first kappa shape index (κ1) is 16.9. The monoisotopic (exact) mass is 360 g/mol. The van der Waals surface area contributed by atoms with Crippen LogP contribution in [0.3, 0.4) is 0 Å². The Morgan fingerprint density at radius 2 is 1.65 bits per heavy atom. The summed E-state index contributed by atoms with van der Waals surface area (Å²) in [7, 11) is 0. The van der Waals surface area contributed by atoms with E-state index in [9.17, 15) is 0 Å². The molecule has 0 fully saturated rings. The van der Waals surface area contributed by atoms with Crippen molar-refractivity contribution in [3.05, 3.63) is 100 Å². The summed E-state index contributed by atoms with van der Waals surface area (Å²) < 4.78 is 0. The summed E-state index contributed by atoms with van der Waals surface area (Å²) >= 11 is 6.38. The average molecular weight is 361 g/mol. The Kier molecular flexibility index (Phi) is 4.52. The fraction of sp³-hybridized carbons (Fsp3) is 0.174. The molecule has 130 valence electrons. The van der Waals surface area contributed by atoms with Crippen LogP contribution in [0.25, 0.3) is 0 Å². The molecule has 0 N–H and O–H groups in total. The molecule has 1 unspecified atom stereocenters. The quantitative estimate of drug-likeness (QED) is 0.534. The van der Waals surface area contributed by atoms with E-state index in [1.165, 1.54) is 16.7 Å². The highest BCUT2D eigenvalue weighted by Gasteiger charge is 2.30. The van der Waals surface area contributed by atoms with E-state index in [1.807, 2.05) is 19.1 Å². The molecular formula is C23H21ClN2. The first-order chi connectivity index (χ1) is 12.6. The lowest BCUT2D eigenvalue weighted by atomic mass is 9.98. The molecule has 1 atom stereocenters. The van der Waals surface area contributed by atoms with Crippen molar-refractivity contribution in [3.63, 3.8) is 0 Å². The second-order valence-electron chi connectivity index (χ2n) is 6.82. The van der Waals surface area contributed by atoms with Crippen molar-refractivity contribution in [2.45, 2.75) is 26.3 Å². The van der Waals surface area contributed by atoms with Gasteiger partial charge in [0.15, 0.2) is 0 Å². The van der Waals surface area contributed by atoms with Gasteiger partial charge in [0.2, 0.25) is 0 Å². The van der Waals surface area contributed by atoms with Crippen LogP contribution in [0.2, 0.25) is 5.02 Å². The van der Waals surface area contributed by atoms with Crippen molar-refractivity contribution in [1.29, 1.82) is 0 Å². The van der Waals surface area contributed by atoms with E-state index < -0.39 is 0 Å². The highest BCUT2D eigenvalue weighted by Crippen LogP contribution is 2.37. The van der Waals surface area contributed by atoms with Crippen LogP contribution in [0.4, 0.5) is 5.69 Å². The Labute approximate surface area is 159 Å². The summed E-state index contributed by atoms with van der Waals surface area (Å²) in [5.74, 6) is 0. The number of anilines is 1. The van der Waals surface area contributed by atoms with Crippen LogP contribution >= 0.6 is 11.6 Å². The Morgan fingerprint density at radius 1 is 0.923 bits per heavy atom. The van der Waals surface area contributed by atoms with Gasteiger partial charge < -0.3 is 0 Å². The standard InChI is InChI=1S/C23H21ClN2/c1-16-8-11-18(12-9-16)22-15-23(19-6-4-3-5-7-19)26(25-22)20-13-10-17(2)21(24)14-20/h3-14,23H,15H2,1-2H3. The van der Waals surface area contributed by atoms with Gasteiger partial charge in [0.05, 0.1) is 17.4 Å². The van der Waals surface area contributed by atoms with Crippen molar-refractivity contribution in [3.8, 4) is 0 Å². The number of benzene rings is 3. The number of hydrogen-bond donors (Lipinski definition) is 0. The molecule has 3 heteroatoms. The number of hydrogen-bond acceptors (Lipinski definition) is 2. The van der Waals surface area contributed by atoms with E-state index in [4.69, 9.17) is 16.7 Å². The molecule has 0 aromatic heterocycles. The molecule has 0 bridgehead atoms. The molecule has 2 nitrogen and oxygen atoms in total. The highest BCUT2D eigenvalue weighted by atomic mass is 35.5. The van der Waals surface area contributed by atoms with Gasteiger partial charge in [-0.15, -0.1) is 0 Å². The Hall–Kier alpha value is -2.58. The maximum absolute atomic E-state index is 6.38. The molecular weight excluding hydrogens is 340 g/mol. The molecule has 1 heterocycles. The zero-order chi connectivity index (χ0) is 18.1. The predicted octanol–water partition coefficient (Wildman–Crippen LogP) is 6.31. The van der Waals surface area contributed by atoms with Gasteiger partial charge in [-0.3, -0.25) is 5.01 Å². The fourth-order valence-corrected chi connectivity index (χ4v) is 3.50. The van der Waals surface area contributed by atoms with Gasteiger partial charge in [-0.2, -0.15) is 5.10 Å². The van der Waals surface area contributed by atoms with E-state index in [1.54, 1.807) is 0 Å². The molecule has 4 rings (SSSR count). The minimum Gasteiger partial charge on any atom is -0.257 e. The first-order valence-corrected chi connectivity index (χ1v) is 9.24. The summed E-state index contributed by atoms with van der Waals surface area (Å²) in [6.07, 6.45) is 0.874. The topological polar surface area (TPSA) is 15.6 Å². The SMILES string of the molecule is Cc1ccc(C2=NN(c3ccc(C)c(Cl)c3)C(c3ccccc3)C2)cc1. The Bertz CT molecular complexity index is 946. The Morgan fingerprint density at radius 3 is 2.35 bits per heavy atom. The van der Waals surface area contributed by atoms with Crippen LogP contribution < -0.4 is 5.01 Å². The van der Waals surface area contributed by atoms with Crippen LogP contribution in [0, 0.1) is 13.8 Å². The maximum Gasteiger partial charge on any atom is 0.0831 e. The van der Waals surface area contributed by atoms with Crippen LogP contribution in [0.15, 0.2) is 77.9 Å². The van der Waals surface area contributed by atoms with E-state index in [0.717, 1.165) is 28.4 Å². The van der Waals surface area contributed by atoms with E-state index in [-0.39, 0.29) is 6.04 Å². The lowest BCUT2D eigenvalue weighted by Crippen LogP contribution is -2.18. The van der Waals surface area contributed by atoms with Crippen LogP contribution in [0.5, 0.6) is 0 Å². The molecule has 0 spiro atoms. The number of nitrogens with zero attached hydrogens (tertiary/aromatic N) is 2. The van der Waals surface area contributed by atoms with Gasteiger partial charge in [-0.05, 0) is 42.7 Å².